The van der Waals surface area contributed by atoms with Crippen molar-refractivity contribution in [3.8, 4) is 0 Å². The van der Waals surface area contributed by atoms with Gasteiger partial charge in [0, 0.05) is 19.6 Å². The highest BCUT2D eigenvalue weighted by Crippen LogP contribution is 2.25. The number of carbonyl (C=O) groups excluding carboxylic acids is 1. The van der Waals surface area contributed by atoms with Gasteiger partial charge >= 0.3 is 6.03 Å². The number of hydrogen-bond acceptors (Lipinski definition) is 3. The summed E-state index contributed by atoms with van der Waals surface area (Å²) in [5.74, 6) is 0. The van der Waals surface area contributed by atoms with Crippen LogP contribution in [0.5, 0.6) is 0 Å². The quantitative estimate of drug-likeness (QED) is 0.667. The first-order valence-corrected chi connectivity index (χ1v) is 6.21. The van der Waals surface area contributed by atoms with Crippen molar-refractivity contribution in [2.45, 2.75) is 12.5 Å². The molecule has 0 radical (unpaired) electrons. The summed E-state index contributed by atoms with van der Waals surface area (Å²) in [6.45, 7) is 2.73. The summed E-state index contributed by atoms with van der Waals surface area (Å²) in [5.41, 5.74) is 7.61. The molecule has 98 valence electrons. The highest BCUT2D eigenvalue weighted by Gasteiger charge is 2.19. The van der Waals surface area contributed by atoms with Crippen LogP contribution in [0.15, 0.2) is 24.3 Å². The molecule has 0 bridgehead atoms. The fourth-order valence-electron chi connectivity index (χ4n) is 2.15. The Hall–Kier alpha value is -1.59. The smallest absolute Gasteiger partial charge is 0.312 e. The highest BCUT2D eigenvalue weighted by molar-refractivity contribution is 5.71. The zero-order valence-electron chi connectivity index (χ0n) is 10.3. The van der Waals surface area contributed by atoms with E-state index in [0.29, 0.717) is 13.1 Å². The molecule has 1 aromatic rings. The molecule has 2 amide bonds. The van der Waals surface area contributed by atoms with E-state index in [0.717, 1.165) is 19.6 Å². The second-order valence-electron chi connectivity index (χ2n) is 4.30. The number of urea groups is 1. The molecule has 18 heavy (non-hydrogen) atoms. The van der Waals surface area contributed by atoms with Gasteiger partial charge in [0.1, 0.15) is 0 Å². The van der Waals surface area contributed by atoms with Crippen molar-refractivity contribution in [1.82, 2.24) is 10.6 Å². The molecule has 0 aliphatic carbocycles. The Balaban J connectivity index is 1.79. The van der Waals surface area contributed by atoms with Gasteiger partial charge in [-0.05, 0) is 17.5 Å². The summed E-state index contributed by atoms with van der Waals surface area (Å²) in [6, 6.07) is 7.87. The van der Waals surface area contributed by atoms with E-state index in [1.807, 2.05) is 6.07 Å². The number of benzene rings is 1. The largest absolute Gasteiger partial charge is 0.372 e. The van der Waals surface area contributed by atoms with Crippen molar-refractivity contribution in [3.63, 3.8) is 0 Å². The van der Waals surface area contributed by atoms with Crippen molar-refractivity contribution < 1.29 is 9.53 Å². The van der Waals surface area contributed by atoms with Gasteiger partial charge in [0.15, 0.2) is 0 Å². The van der Waals surface area contributed by atoms with E-state index in [4.69, 9.17) is 10.5 Å². The number of hydrogen-bond donors (Lipinski definition) is 3. The lowest BCUT2D eigenvalue weighted by Crippen LogP contribution is -2.37. The monoisotopic (exact) mass is 249 g/mol. The number of primary amides is 1. The number of fused-ring (bicyclic) bond motifs is 1. The minimum absolute atomic E-state index is 0.100. The van der Waals surface area contributed by atoms with Crippen LogP contribution in [0.1, 0.15) is 17.2 Å². The summed E-state index contributed by atoms with van der Waals surface area (Å²) in [4.78, 5) is 10.5. The van der Waals surface area contributed by atoms with Gasteiger partial charge < -0.3 is 21.1 Å². The Labute approximate surface area is 107 Å². The summed E-state index contributed by atoms with van der Waals surface area (Å²) in [7, 11) is 0. The van der Waals surface area contributed by atoms with Crippen LogP contribution in [-0.4, -0.2) is 32.3 Å². The maximum absolute atomic E-state index is 10.5. The SMILES string of the molecule is NC(=O)NCCNCC1OCCc2ccccc21. The summed E-state index contributed by atoms with van der Waals surface area (Å²) < 4.78 is 5.76. The molecule has 0 aromatic heterocycles. The molecule has 1 aliphatic heterocycles. The lowest BCUT2D eigenvalue weighted by molar-refractivity contribution is 0.0428. The van der Waals surface area contributed by atoms with Gasteiger partial charge in [0.2, 0.25) is 0 Å². The van der Waals surface area contributed by atoms with Crippen LogP contribution in [0.3, 0.4) is 0 Å². The molecule has 1 aromatic carbocycles. The fraction of sp³-hybridized carbons (Fsp3) is 0.462. The second kappa shape index (κ2) is 6.37. The van der Waals surface area contributed by atoms with Crippen LogP contribution in [0.4, 0.5) is 4.79 Å². The second-order valence-corrected chi connectivity index (χ2v) is 4.30. The van der Waals surface area contributed by atoms with Gasteiger partial charge in [-0.3, -0.25) is 0 Å². The molecule has 1 atom stereocenters. The maximum atomic E-state index is 10.5. The average molecular weight is 249 g/mol. The van der Waals surface area contributed by atoms with Gasteiger partial charge in [0.05, 0.1) is 12.7 Å². The number of amides is 2. The minimum Gasteiger partial charge on any atom is -0.372 e. The van der Waals surface area contributed by atoms with Crippen molar-refractivity contribution in [1.29, 1.82) is 0 Å². The van der Waals surface area contributed by atoms with E-state index >= 15 is 0 Å². The fourth-order valence-corrected chi connectivity index (χ4v) is 2.15. The van der Waals surface area contributed by atoms with Crippen LogP contribution < -0.4 is 16.4 Å². The van der Waals surface area contributed by atoms with E-state index in [1.165, 1.54) is 11.1 Å². The normalized spacial score (nSPS) is 18.1. The van der Waals surface area contributed by atoms with E-state index in [2.05, 4.69) is 28.8 Å². The maximum Gasteiger partial charge on any atom is 0.312 e. The van der Waals surface area contributed by atoms with E-state index in [9.17, 15) is 4.79 Å². The molecular formula is C13H19N3O2. The topological polar surface area (TPSA) is 76.4 Å². The minimum atomic E-state index is -0.490. The third kappa shape index (κ3) is 3.45. The zero-order chi connectivity index (χ0) is 12.8. The molecule has 1 aliphatic rings. The van der Waals surface area contributed by atoms with Crippen molar-refractivity contribution in [3.05, 3.63) is 35.4 Å². The van der Waals surface area contributed by atoms with Crippen LogP contribution >= 0.6 is 0 Å². The van der Waals surface area contributed by atoms with Gasteiger partial charge in [-0.25, -0.2) is 4.79 Å². The average Bonchev–Trinajstić information content (AvgIpc) is 2.38. The number of nitrogens with two attached hydrogens (primary N) is 1. The van der Waals surface area contributed by atoms with Crippen LogP contribution in [-0.2, 0) is 11.2 Å². The first-order chi connectivity index (χ1) is 8.77. The van der Waals surface area contributed by atoms with Crippen LogP contribution in [0.2, 0.25) is 0 Å². The van der Waals surface area contributed by atoms with Gasteiger partial charge in [-0.15, -0.1) is 0 Å². The molecule has 0 fully saturated rings. The molecule has 5 heteroatoms. The highest BCUT2D eigenvalue weighted by atomic mass is 16.5. The van der Waals surface area contributed by atoms with Crippen molar-refractivity contribution in [2.24, 2.45) is 5.73 Å². The van der Waals surface area contributed by atoms with E-state index < -0.39 is 6.03 Å². The summed E-state index contributed by atoms with van der Waals surface area (Å²) in [5, 5.41) is 5.79. The predicted molar refractivity (Wildman–Crippen MR) is 69.3 cm³/mol. The first-order valence-electron chi connectivity index (χ1n) is 6.21. The third-order valence-electron chi connectivity index (χ3n) is 3.02. The molecule has 5 nitrogen and oxygen atoms in total. The molecule has 1 heterocycles. The number of rotatable bonds is 5. The third-order valence-corrected chi connectivity index (χ3v) is 3.02. The molecule has 0 saturated heterocycles. The van der Waals surface area contributed by atoms with Crippen LogP contribution in [0, 0.1) is 0 Å². The molecule has 0 spiro atoms. The molecule has 1 unspecified atom stereocenters. The van der Waals surface area contributed by atoms with E-state index in [-0.39, 0.29) is 6.10 Å². The first kappa shape index (κ1) is 12.9. The Morgan fingerprint density at radius 1 is 1.39 bits per heavy atom. The van der Waals surface area contributed by atoms with Gasteiger partial charge in [-0.1, -0.05) is 24.3 Å². The Kier molecular flexibility index (Phi) is 4.55. The lowest BCUT2D eigenvalue weighted by atomic mass is 9.97. The lowest BCUT2D eigenvalue weighted by Gasteiger charge is -2.26. The summed E-state index contributed by atoms with van der Waals surface area (Å²) >= 11 is 0. The standard InChI is InChI=1S/C13H19N3O2/c14-13(17)16-7-6-15-9-12-11-4-2-1-3-10(11)5-8-18-12/h1-4,12,15H,5-9H2,(H3,14,16,17). The summed E-state index contributed by atoms with van der Waals surface area (Å²) in [6.07, 6.45) is 1.08. The Morgan fingerprint density at radius 3 is 3.06 bits per heavy atom. The van der Waals surface area contributed by atoms with Gasteiger partial charge in [0.25, 0.3) is 0 Å². The van der Waals surface area contributed by atoms with Crippen molar-refractivity contribution in [2.75, 3.05) is 26.2 Å². The number of nitrogens with one attached hydrogen (secondary N) is 2. The molecule has 0 saturated carbocycles. The van der Waals surface area contributed by atoms with Crippen molar-refractivity contribution >= 4 is 6.03 Å². The van der Waals surface area contributed by atoms with Crippen LogP contribution in [0.25, 0.3) is 0 Å². The zero-order valence-corrected chi connectivity index (χ0v) is 10.3. The number of carbonyl (C=O) groups is 1. The molecule has 4 N–H and O–H groups in total. The van der Waals surface area contributed by atoms with E-state index in [1.54, 1.807) is 0 Å². The number of ether oxygens (including phenoxy) is 1. The van der Waals surface area contributed by atoms with Gasteiger partial charge in [-0.2, -0.15) is 0 Å². The Bertz CT molecular complexity index is 409. The Morgan fingerprint density at radius 2 is 2.22 bits per heavy atom. The molecular weight excluding hydrogens is 230 g/mol. The molecule has 2 rings (SSSR count). The predicted octanol–water partition coefficient (Wildman–Crippen LogP) is 0.558.